The molecule has 4 aromatic rings. The Hall–Kier alpha value is -3.20. The van der Waals surface area contributed by atoms with Crippen molar-refractivity contribution in [1.29, 1.82) is 0 Å². The Balaban J connectivity index is 1.67. The van der Waals surface area contributed by atoms with E-state index in [0.717, 1.165) is 10.2 Å². The van der Waals surface area contributed by atoms with Crippen molar-refractivity contribution in [3.05, 3.63) is 96.0 Å². The second kappa shape index (κ2) is 9.12. The van der Waals surface area contributed by atoms with E-state index in [1.54, 1.807) is 30.3 Å². The normalized spacial score (nSPS) is 11.3. The monoisotopic (exact) mass is 483 g/mol. The Morgan fingerprint density at radius 3 is 2.53 bits per heavy atom. The minimum atomic E-state index is -3.97. The predicted octanol–water partition coefficient (Wildman–Crippen LogP) is 5.58. The molecule has 1 amide bonds. The number of carbonyl (C=O) groups is 1. The molecule has 0 unspecified atom stereocenters. The number of halogens is 1. The van der Waals surface area contributed by atoms with Crippen LogP contribution in [0.5, 0.6) is 0 Å². The quantitative estimate of drug-likeness (QED) is 0.348. The fraction of sp³-hybridized carbons (Fsp3) is 0.0435. The van der Waals surface area contributed by atoms with Crippen LogP contribution in [0.4, 0.5) is 10.8 Å². The van der Waals surface area contributed by atoms with Gasteiger partial charge in [0, 0.05) is 0 Å². The van der Waals surface area contributed by atoms with Crippen molar-refractivity contribution in [2.75, 3.05) is 16.2 Å². The molecular formula is C23H18ClN3O3S2. The van der Waals surface area contributed by atoms with Gasteiger partial charge in [-0.15, -0.1) is 6.58 Å². The predicted molar refractivity (Wildman–Crippen MR) is 130 cm³/mol. The van der Waals surface area contributed by atoms with Gasteiger partial charge in [0.25, 0.3) is 15.9 Å². The van der Waals surface area contributed by atoms with Gasteiger partial charge in [0.1, 0.15) is 0 Å². The molecule has 162 valence electrons. The van der Waals surface area contributed by atoms with Crippen molar-refractivity contribution in [1.82, 2.24) is 4.98 Å². The summed E-state index contributed by atoms with van der Waals surface area (Å²) < 4.78 is 28.9. The lowest BCUT2D eigenvalue weighted by Crippen LogP contribution is -2.31. The van der Waals surface area contributed by atoms with Gasteiger partial charge in [0.05, 0.1) is 37.9 Å². The first kappa shape index (κ1) is 22.0. The summed E-state index contributed by atoms with van der Waals surface area (Å²) in [4.78, 5) is 17.2. The number of fused-ring (bicyclic) bond motifs is 1. The molecule has 0 bridgehead atoms. The summed E-state index contributed by atoms with van der Waals surface area (Å²) in [6.07, 6.45) is 1.50. The van der Waals surface area contributed by atoms with Gasteiger partial charge in [-0.1, -0.05) is 59.3 Å². The Labute approximate surface area is 194 Å². The molecule has 0 aliphatic heterocycles. The van der Waals surface area contributed by atoms with Crippen LogP contribution >= 0.6 is 22.9 Å². The van der Waals surface area contributed by atoms with Crippen LogP contribution in [0.1, 0.15) is 10.4 Å². The molecule has 1 aromatic heterocycles. The summed E-state index contributed by atoms with van der Waals surface area (Å²) in [6, 6.07) is 20.2. The molecule has 3 aromatic carbocycles. The number of hydrogen-bond acceptors (Lipinski definition) is 5. The molecule has 0 saturated carbocycles. The van der Waals surface area contributed by atoms with E-state index >= 15 is 0 Å². The molecule has 0 atom stereocenters. The number of carbonyl (C=O) groups excluding carboxylic acids is 1. The second-order valence-electron chi connectivity index (χ2n) is 6.74. The Morgan fingerprint density at radius 2 is 1.81 bits per heavy atom. The van der Waals surface area contributed by atoms with Crippen LogP contribution in [-0.2, 0) is 10.0 Å². The average molecular weight is 484 g/mol. The topological polar surface area (TPSA) is 79.4 Å². The molecule has 0 fully saturated rings. The highest BCUT2D eigenvalue weighted by Crippen LogP contribution is 2.29. The minimum Gasteiger partial charge on any atom is -0.298 e. The van der Waals surface area contributed by atoms with Gasteiger partial charge in [0.15, 0.2) is 5.13 Å². The van der Waals surface area contributed by atoms with Crippen LogP contribution in [0.2, 0.25) is 5.02 Å². The molecule has 1 heterocycles. The van der Waals surface area contributed by atoms with Crippen LogP contribution < -0.4 is 9.62 Å². The van der Waals surface area contributed by atoms with Gasteiger partial charge in [-0.05, 0) is 42.5 Å². The second-order valence-corrected chi connectivity index (χ2v) is 10.0. The largest absolute Gasteiger partial charge is 0.298 e. The lowest BCUT2D eigenvalue weighted by Gasteiger charge is -2.23. The summed E-state index contributed by atoms with van der Waals surface area (Å²) in [6.45, 7) is 3.73. The first-order valence-corrected chi connectivity index (χ1v) is 12.2. The lowest BCUT2D eigenvalue weighted by atomic mass is 10.2. The van der Waals surface area contributed by atoms with Gasteiger partial charge >= 0.3 is 0 Å². The van der Waals surface area contributed by atoms with Crippen LogP contribution in [-0.4, -0.2) is 25.9 Å². The SMILES string of the molecule is C=CCN(c1ccccc1)S(=O)(=O)c1ccc(Cl)c(C(=O)Nc2nc3ccccc3s2)c1. The minimum absolute atomic E-state index is 0.0404. The highest BCUT2D eigenvalue weighted by Gasteiger charge is 2.26. The summed E-state index contributed by atoms with van der Waals surface area (Å²) in [7, 11) is -3.97. The number of nitrogens with zero attached hydrogens (tertiary/aromatic N) is 2. The summed E-state index contributed by atoms with van der Waals surface area (Å²) in [5.74, 6) is -0.541. The summed E-state index contributed by atoms with van der Waals surface area (Å²) in [5.41, 5.74) is 1.29. The van der Waals surface area contributed by atoms with E-state index in [1.807, 2.05) is 24.3 Å². The molecule has 4 rings (SSSR count). The van der Waals surface area contributed by atoms with Gasteiger partial charge in [-0.3, -0.25) is 14.4 Å². The third kappa shape index (κ3) is 4.38. The van der Waals surface area contributed by atoms with Crippen molar-refractivity contribution >= 4 is 59.9 Å². The highest BCUT2D eigenvalue weighted by atomic mass is 35.5. The van der Waals surface area contributed by atoms with E-state index < -0.39 is 15.9 Å². The number of amides is 1. The number of thiazole rings is 1. The number of anilines is 2. The van der Waals surface area contributed by atoms with Crippen molar-refractivity contribution in [2.24, 2.45) is 0 Å². The van der Waals surface area contributed by atoms with E-state index in [-0.39, 0.29) is 22.0 Å². The standard InChI is InChI=1S/C23H18ClN3O3S2/c1-2-14-27(16-8-4-3-5-9-16)32(29,30)17-12-13-19(24)18(15-17)22(28)26-23-25-20-10-6-7-11-21(20)31-23/h2-13,15H,1,14H2,(H,25,26,28). The van der Waals surface area contributed by atoms with E-state index in [2.05, 4.69) is 16.9 Å². The fourth-order valence-electron chi connectivity index (χ4n) is 3.11. The van der Waals surface area contributed by atoms with E-state index in [9.17, 15) is 13.2 Å². The van der Waals surface area contributed by atoms with Crippen LogP contribution in [0.3, 0.4) is 0 Å². The first-order valence-electron chi connectivity index (χ1n) is 9.55. The smallest absolute Gasteiger partial charge is 0.264 e. The number of aromatic nitrogens is 1. The van der Waals surface area contributed by atoms with Crippen molar-refractivity contribution in [3.63, 3.8) is 0 Å². The third-order valence-corrected chi connectivity index (χ3v) is 7.70. The van der Waals surface area contributed by atoms with Crippen LogP contribution in [0.25, 0.3) is 10.2 Å². The number of rotatable bonds is 7. The maximum absolute atomic E-state index is 13.4. The van der Waals surface area contributed by atoms with Gasteiger partial charge in [-0.25, -0.2) is 13.4 Å². The van der Waals surface area contributed by atoms with Crippen LogP contribution in [0, 0.1) is 0 Å². The maximum Gasteiger partial charge on any atom is 0.264 e. The Bertz CT molecular complexity index is 1370. The maximum atomic E-state index is 13.4. The average Bonchev–Trinajstić information content (AvgIpc) is 3.20. The number of hydrogen-bond donors (Lipinski definition) is 1. The number of benzene rings is 3. The first-order chi connectivity index (χ1) is 15.4. The highest BCUT2D eigenvalue weighted by molar-refractivity contribution is 7.92. The summed E-state index contributed by atoms with van der Waals surface area (Å²) in [5, 5.41) is 3.25. The van der Waals surface area contributed by atoms with E-state index in [4.69, 9.17) is 11.6 Å². The van der Waals surface area contributed by atoms with E-state index in [0.29, 0.717) is 10.8 Å². The molecule has 0 aliphatic rings. The number of para-hydroxylation sites is 2. The molecule has 9 heteroatoms. The van der Waals surface area contributed by atoms with Gasteiger partial charge in [0.2, 0.25) is 0 Å². The Morgan fingerprint density at radius 1 is 1.09 bits per heavy atom. The lowest BCUT2D eigenvalue weighted by molar-refractivity contribution is 0.102. The number of sulfonamides is 1. The number of nitrogens with one attached hydrogen (secondary N) is 1. The zero-order chi connectivity index (χ0) is 22.7. The van der Waals surface area contributed by atoms with Crippen molar-refractivity contribution in [3.8, 4) is 0 Å². The van der Waals surface area contributed by atoms with Gasteiger partial charge < -0.3 is 0 Å². The van der Waals surface area contributed by atoms with E-state index in [1.165, 1.54) is 39.9 Å². The summed E-state index contributed by atoms with van der Waals surface area (Å²) >= 11 is 7.56. The molecule has 6 nitrogen and oxygen atoms in total. The third-order valence-electron chi connectivity index (χ3n) is 4.62. The molecular weight excluding hydrogens is 466 g/mol. The zero-order valence-corrected chi connectivity index (χ0v) is 19.1. The fourth-order valence-corrected chi connectivity index (χ4v) is 5.64. The molecule has 0 saturated heterocycles. The zero-order valence-electron chi connectivity index (χ0n) is 16.7. The Kier molecular flexibility index (Phi) is 6.27. The molecule has 0 aliphatic carbocycles. The van der Waals surface area contributed by atoms with Crippen molar-refractivity contribution < 1.29 is 13.2 Å². The molecule has 1 N–H and O–H groups in total. The molecule has 0 radical (unpaired) electrons. The van der Waals surface area contributed by atoms with Gasteiger partial charge in [-0.2, -0.15) is 0 Å². The molecule has 0 spiro atoms. The van der Waals surface area contributed by atoms with Crippen LogP contribution in [0.15, 0.2) is 90.3 Å². The molecule has 32 heavy (non-hydrogen) atoms. The van der Waals surface area contributed by atoms with Crippen molar-refractivity contribution in [2.45, 2.75) is 4.90 Å².